The molecule has 0 aliphatic heterocycles. The van der Waals surface area contributed by atoms with Gasteiger partial charge in [0.15, 0.2) is 0 Å². The molecule has 1 atom stereocenters. The Balaban J connectivity index is 1.62. The Morgan fingerprint density at radius 3 is 2.46 bits per heavy atom. The van der Waals surface area contributed by atoms with E-state index in [2.05, 4.69) is 55.5 Å². The molecule has 0 saturated heterocycles. The molecule has 0 nitrogen and oxygen atoms in total. The summed E-state index contributed by atoms with van der Waals surface area (Å²) in [5.74, 6) is 0.795. The SMILES string of the molecule is CCCCC1=Cc2c(-c3ccc(C4CCCCC4)cc3)cccc2[CH]1[Zr]. The molecule has 1 unspecified atom stereocenters. The number of unbranched alkanes of at least 4 members (excludes halogenated alkanes) is 1. The molecule has 0 spiro atoms. The van der Waals surface area contributed by atoms with Crippen molar-refractivity contribution in [2.24, 2.45) is 0 Å². The Morgan fingerprint density at radius 1 is 0.962 bits per heavy atom. The molecule has 26 heavy (non-hydrogen) atoms. The van der Waals surface area contributed by atoms with E-state index in [1.54, 1.807) is 41.4 Å². The first-order valence-corrected chi connectivity index (χ1v) is 11.8. The van der Waals surface area contributed by atoms with Crippen molar-refractivity contribution in [2.45, 2.75) is 67.8 Å². The molecule has 1 heteroatoms. The fraction of sp³-hybridized carbons (Fsp3) is 0.440. The van der Waals surface area contributed by atoms with Crippen molar-refractivity contribution in [2.75, 3.05) is 0 Å². The van der Waals surface area contributed by atoms with E-state index >= 15 is 0 Å². The van der Waals surface area contributed by atoms with E-state index in [0.29, 0.717) is 3.63 Å². The zero-order valence-corrected chi connectivity index (χ0v) is 18.4. The molecule has 1 saturated carbocycles. The van der Waals surface area contributed by atoms with Gasteiger partial charge in [-0.1, -0.05) is 0 Å². The average molecular weight is 421 g/mol. The number of benzene rings is 2. The van der Waals surface area contributed by atoms with Crippen LogP contribution in [0.15, 0.2) is 48.0 Å². The van der Waals surface area contributed by atoms with Gasteiger partial charge in [-0.05, 0) is 0 Å². The molecule has 133 valence electrons. The van der Waals surface area contributed by atoms with Gasteiger partial charge in [-0.2, -0.15) is 0 Å². The van der Waals surface area contributed by atoms with Gasteiger partial charge in [0.05, 0.1) is 0 Å². The molecule has 2 aromatic carbocycles. The van der Waals surface area contributed by atoms with Gasteiger partial charge in [-0.25, -0.2) is 0 Å². The fourth-order valence-electron chi connectivity index (χ4n) is 4.68. The Bertz CT molecular complexity index is 778. The van der Waals surface area contributed by atoms with E-state index < -0.39 is 0 Å². The van der Waals surface area contributed by atoms with Crippen molar-refractivity contribution in [3.8, 4) is 11.1 Å². The third-order valence-corrected chi connectivity index (χ3v) is 7.94. The van der Waals surface area contributed by atoms with E-state index in [1.165, 1.54) is 68.1 Å². The second kappa shape index (κ2) is 8.39. The first-order valence-electron chi connectivity index (χ1n) is 10.4. The standard InChI is InChI=1S/C25H29.Zr/c1-2-3-8-19-17-23-11-7-12-24(25(23)18-19)22-15-13-21(14-16-22)20-9-5-4-6-10-20;/h7,11-18,20H,2-6,8-10H2,1H3;. The molecule has 0 bridgehead atoms. The van der Waals surface area contributed by atoms with Crippen LogP contribution in [0.2, 0.25) is 0 Å². The van der Waals surface area contributed by atoms with Gasteiger partial charge in [0.2, 0.25) is 0 Å². The average Bonchev–Trinajstić information content (AvgIpc) is 3.03. The van der Waals surface area contributed by atoms with Crippen LogP contribution >= 0.6 is 0 Å². The number of fused-ring (bicyclic) bond motifs is 1. The zero-order valence-electron chi connectivity index (χ0n) is 15.9. The fourth-order valence-corrected chi connectivity index (χ4v) is 5.86. The van der Waals surface area contributed by atoms with Crippen LogP contribution in [0.3, 0.4) is 0 Å². The predicted octanol–water partition coefficient (Wildman–Crippen LogP) is 7.58. The Kier molecular flexibility index (Phi) is 5.94. The van der Waals surface area contributed by atoms with Crippen molar-refractivity contribution in [1.82, 2.24) is 0 Å². The summed E-state index contributed by atoms with van der Waals surface area (Å²) in [5, 5.41) is 0. The van der Waals surface area contributed by atoms with Gasteiger partial charge in [-0.15, -0.1) is 0 Å². The molecule has 0 radical (unpaired) electrons. The zero-order chi connectivity index (χ0) is 17.9. The molecular weight excluding hydrogens is 391 g/mol. The third kappa shape index (κ3) is 3.70. The van der Waals surface area contributed by atoms with Gasteiger partial charge < -0.3 is 0 Å². The molecule has 1 fully saturated rings. The van der Waals surface area contributed by atoms with Crippen LogP contribution in [0.4, 0.5) is 0 Å². The first-order chi connectivity index (χ1) is 12.8. The van der Waals surface area contributed by atoms with Crippen LogP contribution < -0.4 is 0 Å². The minimum atomic E-state index is 0.671. The number of rotatable bonds is 5. The van der Waals surface area contributed by atoms with Crippen LogP contribution in [0.25, 0.3) is 17.2 Å². The summed E-state index contributed by atoms with van der Waals surface area (Å²) in [6.07, 6.45) is 13.4. The van der Waals surface area contributed by atoms with E-state index in [0.717, 1.165) is 5.92 Å². The van der Waals surface area contributed by atoms with Crippen LogP contribution in [0, 0.1) is 0 Å². The van der Waals surface area contributed by atoms with Crippen molar-refractivity contribution in [1.29, 1.82) is 0 Å². The molecule has 2 aromatic rings. The molecule has 2 aliphatic carbocycles. The van der Waals surface area contributed by atoms with Gasteiger partial charge in [0.25, 0.3) is 0 Å². The minimum absolute atomic E-state index is 0.671. The third-order valence-electron chi connectivity index (χ3n) is 6.27. The monoisotopic (exact) mass is 419 g/mol. The number of allylic oxidation sites excluding steroid dienone is 1. The molecule has 0 N–H and O–H groups in total. The van der Waals surface area contributed by atoms with Crippen LogP contribution in [0.5, 0.6) is 0 Å². The number of hydrogen-bond acceptors (Lipinski definition) is 0. The van der Waals surface area contributed by atoms with Gasteiger partial charge in [0, 0.05) is 0 Å². The van der Waals surface area contributed by atoms with Crippen LogP contribution in [0.1, 0.15) is 84.5 Å². The summed E-state index contributed by atoms with van der Waals surface area (Å²) >= 11 is 1.63. The van der Waals surface area contributed by atoms with E-state index in [1.807, 2.05) is 0 Å². The van der Waals surface area contributed by atoms with Crippen molar-refractivity contribution < 1.29 is 24.7 Å². The second-order valence-electron chi connectivity index (χ2n) is 8.02. The van der Waals surface area contributed by atoms with Crippen molar-refractivity contribution in [3.05, 3.63) is 64.7 Å². The van der Waals surface area contributed by atoms with Gasteiger partial charge in [-0.3, -0.25) is 0 Å². The van der Waals surface area contributed by atoms with Crippen LogP contribution in [-0.4, -0.2) is 0 Å². The normalized spacial score (nSPS) is 20.0. The van der Waals surface area contributed by atoms with Gasteiger partial charge >= 0.3 is 174 Å². The maximum absolute atomic E-state index is 2.51. The summed E-state index contributed by atoms with van der Waals surface area (Å²) in [5.41, 5.74) is 9.08. The molecule has 0 heterocycles. The topological polar surface area (TPSA) is 0 Å². The predicted molar refractivity (Wildman–Crippen MR) is 108 cm³/mol. The Morgan fingerprint density at radius 2 is 1.73 bits per heavy atom. The summed E-state index contributed by atoms with van der Waals surface area (Å²) in [6.45, 7) is 2.29. The summed E-state index contributed by atoms with van der Waals surface area (Å²) < 4.78 is 0.671. The van der Waals surface area contributed by atoms with Crippen molar-refractivity contribution >= 4 is 6.08 Å². The first kappa shape index (κ1) is 18.4. The van der Waals surface area contributed by atoms with Gasteiger partial charge in [0.1, 0.15) is 0 Å². The maximum atomic E-state index is 2.51. The summed E-state index contributed by atoms with van der Waals surface area (Å²) in [7, 11) is 0. The quantitative estimate of drug-likeness (QED) is 0.468. The summed E-state index contributed by atoms with van der Waals surface area (Å²) in [6, 6.07) is 16.5. The Labute approximate surface area is 174 Å². The molecule has 4 rings (SSSR count). The molecule has 0 amide bonds. The second-order valence-corrected chi connectivity index (χ2v) is 9.44. The van der Waals surface area contributed by atoms with E-state index in [-0.39, 0.29) is 0 Å². The van der Waals surface area contributed by atoms with E-state index in [4.69, 9.17) is 0 Å². The van der Waals surface area contributed by atoms with E-state index in [9.17, 15) is 0 Å². The summed E-state index contributed by atoms with van der Waals surface area (Å²) in [4.78, 5) is 0. The van der Waals surface area contributed by atoms with Crippen LogP contribution in [-0.2, 0) is 24.7 Å². The number of hydrogen-bond donors (Lipinski definition) is 0. The molecule has 2 aliphatic rings. The molecular formula is C25H29Zr. The Hall–Kier alpha value is -0.937. The van der Waals surface area contributed by atoms with Crippen molar-refractivity contribution in [3.63, 3.8) is 0 Å². The molecule has 0 aromatic heterocycles.